The van der Waals surface area contributed by atoms with Gasteiger partial charge in [0, 0.05) is 45.8 Å². The fourth-order valence-electron chi connectivity index (χ4n) is 3.49. The molecule has 1 saturated carbocycles. The molecule has 1 aliphatic heterocycles. The number of hydrogen-bond acceptors (Lipinski definition) is 4. The number of amides is 1. The maximum absolute atomic E-state index is 12.0. The molecule has 0 atom stereocenters. The van der Waals surface area contributed by atoms with Gasteiger partial charge in [-0.15, -0.1) is 24.0 Å². The Morgan fingerprint density at radius 3 is 2.42 bits per heavy atom. The van der Waals surface area contributed by atoms with Gasteiger partial charge in [-0.25, -0.2) is 0 Å². The highest BCUT2D eigenvalue weighted by Crippen LogP contribution is 2.18. The normalized spacial score (nSPS) is 17.3. The summed E-state index contributed by atoms with van der Waals surface area (Å²) >= 11 is 0. The molecule has 174 valence electrons. The van der Waals surface area contributed by atoms with Crippen LogP contribution in [0.3, 0.4) is 0 Å². The van der Waals surface area contributed by atoms with Crippen LogP contribution in [-0.2, 0) is 11.2 Å². The molecule has 1 aromatic rings. The van der Waals surface area contributed by atoms with Crippen LogP contribution < -0.4 is 15.4 Å². The predicted molar refractivity (Wildman–Crippen MR) is 136 cm³/mol. The molecule has 2 N–H and O–H groups in total. The molecule has 2 fully saturated rings. The Morgan fingerprint density at radius 2 is 1.84 bits per heavy atom. The van der Waals surface area contributed by atoms with E-state index >= 15 is 0 Å². The minimum Gasteiger partial charge on any atom is -0.493 e. The summed E-state index contributed by atoms with van der Waals surface area (Å²) in [6.07, 6.45) is 3.21. The minimum atomic E-state index is 0. The first-order valence-electron chi connectivity index (χ1n) is 11.2. The van der Waals surface area contributed by atoms with Crippen LogP contribution in [0.25, 0.3) is 0 Å². The minimum absolute atomic E-state index is 0. The van der Waals surface area contributed by atoms with Gasteiger partial charge in [0.15, 0.2) is 5.96 Å². The molecule has 0 bridgehead atoms. The van der Waals surface area contributed by atoms with E-state index < -0.39 is 0 Å². The highest BCUT2D eigenvalue weighted by Gasteiger charge is 2.25. The van der Waals surface area contributed by atoms with Gasteiger partial charge in [-0.2, -0.15) is 0 Å². The van der Waals surface area contributed by atoms with Crippen LogP contribution in [0.1, 0.15) is 32.3 Å². The molecule has 31 heavy (non-hydrogen) atoms. The van der Waals surface area contributed by atoms with Crippen molar-refractivity contribution in [2.45, 2.75) is 39.2 Å². The van der Waals surface area contributed by atoms with E-state index in [2.05, 4.69) is 51.4 Å². The number of carbonyl (C=O) groups excluding carboxylic acids is 1. The highest BCUT2D eigenvalue weighted by molar-refractivity contribution is 14.0. The number of benzene rings is 1. The fourth-order valence-corrected chi connectivity index (χ4v) is 3.49. The number of ether oxygens (including phenoxy) is 1. The SMILES string of the molecule is CN=C(NCCc1ccc(OCC(C)C)cc1)N1CCN(CC(=O)NC2CC2)CC1.I. The molecule has 0 aromatic heterocycles. The van der Waals surface area contributed by atoms with Gasteiger partial charge in [-0.1, -0.05) is 26.0 Å². The van der Waals surface area contributed by atoms with Gasteiger partial charge >= 0.3 is 0 Å². The zero-order chi connectivity index (χ0) is 21.3. The number of nitrogens with zero attached hydrogens (tertiary/aromatic N) is 3. The summed E-state index contributed by atoms with van der Waals surface area (Å²) < 4.78 is 5.75. The average Bonchev–Trinajstić information content (AvgIpc) is 3.55. The summed E-state index contributed by atoms with van der Waals surface area (Å²) in [6.45, 7) is 9.94. The molecule has 7 nitrogen and oxygen atoms in total. The molecule has 1 saturated heterocycles. The number of nitrogens with one attached hydrogen (secondary N) is 2. The lowest BCUT2D eigenvalue weighted by atomic mass is 10.1. The monoisotopic (exact) mass is 543 g/mol. The van der Waals surface area contributed by atoms with E-state index in [4.69, 9.17) is 4.74 Å². The molecule has 2 aliphatic rings. The standard InChI is InChI=1S/C23H37N5O2.HI/c1-18(2)17-30-21-8-4-19(5-9-21)10-11-25-23(24-3)28-14-12-27(13-15-28)16-22(29)26-20-6-7-20;/h4-5,8-9,18,20H,6-7,10-17H2,1-3H3,(H,24,25)(H,26,29);1H. The first kappa shape index (κ1) is 25.7. The lowest BCUT2D eigenvalue weighted by Crippen LogP contribution is -2.54. The van der Waals surface area contributed by atoms with Crippen molar-refractivity contribution in [2.75, 3.05) is 52.9 Å². The van der Waals surface area contributed by atoms with Crippen molar-refractivity contribution >= 4 is 35.8 Å². The van der Waals surface area contributed by atoms with Gasteiger partial charge < -0.3 is 20.3 Å². The zero-order valence-electron chi connectivity index (χ0n) is 19.1. The Morgan fingerprint density at radius 1 is 1.16 bits per heavy atom. The van der Waals surface area contributed by atoms with Crippen molar-refractivity contribution in [1.82, 2.24) is 20.4 Å². The molecule has 0 unspecified atom stereocenters. The van der Waals surface area contributed by atoms with Crippen molar-refractivity contribution in [3.05, 3.63) is 29.8 Å². The van der Waals surface area contributed by atoms with Gasteiger partial charge in [0.25, 0.3) is 0 Å². The van der Waals surface area contributed by atoms with Gasteiger partial charge in [0.2, 0.25) is 5.91 Å². The summed E-state index contributed by atoms with van der Waals surface area (Å²) in [6, 6.07) is 8.79. The van der Waals surface area contributed by atoms with Crippen LogP contribution in [0.15, 0.2) is 29.3 Å². The summed E-state index contributed by atoms with van der Waals surface area (Å²) in [4.78, 5) is 20.9. The van der Waals surface area contributed by atoms with Crippen molar-refractivity contribution in [3.63, 3.8) is 0 Å². The maximum atomic E-state index is 12.0. The van der Waals surface area contributed by atoms with Gasteiger partial charge in [-0.3, -0.25) is 14.7 Å². The number of carbonyl (C=O) groups is 1. The maximum Gasteiger partial charge on any atom is 0.234 e. The summed E-state index contributed by atoms with van der Waals surface area (Å²) in [5.41, 5.74) is 1.28. The summed E-state index contributed by atoms with van der Waals surface area (Å²) in [5, 5.41) is 6.55. The molecule has 1 aromatic carbocycles. The lowest BCUT2D eigenvalue weighted by molar-refractivity contribution is -0.122. The van der Waals surface area contributed by atoms with Crippen molar-refractivity contribution < 1.29 is 9.53 Å². The first-order chi connectivity index (χ1) is 14.5. The molecule has 1 aliphatic carbocycles. The largest absolute Gasteiger partial charge is 0.493 e. The highest BCUT2D eigenvalue weighted by atomic mass is 127. The fraction of sp³-hybridized carbons (Fsp3) is 0.652. The molecule has 1 amide bonds. The van der Waals surface area contributed by atoms with E-state index in [9.17, 15) is 4.79 Å². The van der Waals surface area contributed by atoms with Crippen LogP contribution in [0.4, 0.5) is 0 Å². The van der Waals surface area contributed by atoms with E-state index in [0.717, 1.165) is 70.3 Å². The topological polar surface area (TPSA) is 69.2 Å². The third kappa shape index (κ3) is 9.22. The second-order valence-electron chi connectivity index (χ2n) is 8.68. The quantitative estimate of drug-likeness (QED) is 0.285. The van der Waals surface area contributed by atoms with E-state index in [0.29, 0.717) is 18.5 Å². The lowest BCUT2D eigenvalue weighted by Gasteiger charge is -2.36. The Hall–Kier alpha value is -1.55. The Balaban J connectivity index is 0.00000341. The molecule has 3 rings (SSSR count). The molecule has 1 heterocycles. The number of halogens is 1. The van der Waals surface area contributed by atoms with Crippen LogP contribution in [0, 0.1) is 5.92 Å². The Kier molecular flexibility index (Phi) is 10.9. The number of aliphatic imine (C=N–C) groups is 1. The van der Waals surface area contributed by atoms with E-state index in [-0.39, 0.29) is 29.9 Å². The second kappa shape index (κ2) is 13.1. The van der Waals surface area contributed by atoms with Crippen LogP contribution >= 0.6 is 24.0 Å². The second-order valence-corrected chi connectivity index (χ2v) is 8.68. The van der Waals surface area contributed by atoms with Crippen LogP contribution in [-0.4, -0.2) is 80.6 Å². The Labute approximate surface area is 204 Å². The Bertz CT molecular complexity index is 698. The van der Waals surface area contributed by atoms with Crippen LogP contribution in [0.5, 0.6) is 5.75 Å². The third-order valence-electron chi connectivity index (χ3n) is 5.40. The van der Waals surface area contributed by atoms with Crippen molar-refractivity contribution in [2.24, 2.45) is 10.9 Å². The van der Waals surface area contributed by atoms with E-state index in [1.807, 2.05) is 19.2 Å². The summed E-state index contributed by atoms with van der Waals surface area (Å²) in [7, 11) is 1.83. The molecule has 8 heteroatoms. The first-order valence-corrected chi connectivity index (χ1v) is 11.2. The zero-order valence-corrected chi connectivity index (χ0v) is 21.4. The molecular formula is C23H38IN5O2. The predicted octanol–water partition coefficient (Wildman–Crippen LogP) is 2.35. The third-order valence-corrected chi connectivity index (χ3v) is 5.40. The van der Waals surface area contributed by atoms with Crippen molar-refractivity contribution in [1.29, 1.82) is 0 Å². The average molecular weight is 543 g/mol. The number of hydrogen-bond donors (Lipinski definition) is 2. The number of guanidine groups is 1. The number of rotatable bonds is 9. The van der Waals surface area contributed by atoms with Crippen LogP contribution in [0.2, 0.25) is 0 Å². The van der Waals surface area contributed by atoms with Gasteiger partial charge in [0.05, 0.1) is 13.2 Å². The molecule has 0 radical (unpaired) electrons. The molecule has 0 spiro atoms. The van der Waals surface area contributed by atoms with Crippen molar-refractivity contribution in [3.8, 4) is 5.75 Å². The smallest absolute Gasteiger partial charge is 0.234 e. The number of piperazine rings is 1. The molecular weight excluding hydrogens is 505 g/mol. The van der Waals surface area contributed by atoms with Gasteiger partial charge in [-0.05, 0) is 42.9 Å². The van der Waals surface area contributed by atoms with Gasteiger partial charge in [0.1, 0.15) is 5.75 Å². The van der Waals surface area contributed by atoms with E-state index in [1.54, 1.807) is 0 Å². The van der Waals surface area contributed by atoms with E-state index in [1.165, 1.54) is 5.56 Å². The summed E-state index contributed by atoms with van der Waals surface area (Å²) in [5.74, 6) is 2.56.